The van der Waals surface area contributed by atoms with Crippen LogP contribution in [0, 0.1) is 5.92 Å². The molecule has 1 saturated carbocycles. The number of nitrogens with one attached hydrogen (secondary N) is 2. The maximum atomic E-state index is 12.9. The quantitative estimate of drug-likeness (QED) is 0.252. The third kappa shape index (κ3) is 9.14. The van der Waals surface area contributed by atoms with Crippen molar-refractivity contribution < 1.29 is 17.9 Å². The highest BCUT2D eigenvalue weighted by Gasteiger charge is 2.42. The van der Waals surface area contributed by atoms with Crippen LogP contribution in [-0.4, -0.2) is 37.9 Å². The van der Waals surface area contributed by atoms with Gasteiger partial charge in [0.2, 0.25) is 0 Å². The van der Waals surface area contributed by atoms with Gasteiger partial charge in [-0.3, -0.25) is 4.99 Å². The van der Waals surface area contributed by atoms with E-state index >= 15 is 0 Å². The second kappa shape index (κ2) is 12.4. The number of benzene rings is 1. The number of rotatable bonds is 7. The van der Waals surface area contributed by atoms with Gasteiger partial charge in [-0.05, 0) is 31.7 Å². The van der Waals surface area contributed by atoms with Crippen molar-refractivity contribution in [1.82, 2.24) is 10.6 Å². The molecule has 0 aromatic heterocycles. The Balaban J connectivity index is 0.00000364. The lowest BCUT2D eigenvalue weighted by Gasteiger charge is -2.31. The van der Waals surface area contributed by atoms with Crippen molar-refractivity contribution in [3.8, 4) is 0 Å². The van der Waals surface area contributed by atoms with Crippen LogP contribution in [-0.2, 0) is 11.3 Å². The smallest absolute Gasteiger partial charge is 0.375 e. The van der Waals surface area contributed by atoms with Gasteiger partial charge in [0.25, 0.3) is 0 Å². The number of hydrogen-bond donors (Lipinski definition) is 2. The highest BCUT2D eigenvalue weighted by molar-refractivity contribution is 14.0. The minimum Gasteiger partial charge on any atom is -0.375 e. The summed E-state index contributed by atoms with van der Waals surface area (Å²) in [6.45, 7) is 4.03. The molecule has 2 unspecified atom stereocenters. The first-order chi connectivity index (χ1) is 12.5. The summed E-state index contributed by atoms with van der Waals surface area (Å²) >= 11 is 0. The summed E-state index contributed by atoms with van der Waals surface area (Å²) in [5.41, 5.74) is 1.10. The number of ether oxygens (including phenoxy) is 1. The van der Waals surface area contributed by atoms with E-state index in [2.05, 4.69) is 15.6 Å². The van der Waals surface area contributed by atoms with E-state index in [1.54, 1.807) is 0 Å². The average molecular weight is 499 g/mol. The Bertz CT molecular complexity index is 555. The van der Waals surface area contributed by atoms with Gasteiger partial charge in [-0.25, -0.2) is 0 Å². The number of guanidine groups is 1. The lowest BCUT2D eigenvalue weighted by atomic mass is 9.85. The fourth-order valence-electron chi connectivity index (χ4n) is 3.12. The van der Waals surface area contributed by atoms with E-state index in [4.69, 9.17) is 4.74 Å². The topological polar surface area (TPSA) is 45.7 Å². The molecule has 0 saturated heterocycles. The Kier molecular flexibility index (Phi) is 11.1. The number of aliphatic imine (C=N–C) groups is 1. The van der Waals surface area contributed by atoms with Crippen LogP contribution >= 0.6 is 24.0 Å². The first-order valence-corrected chi connectivity index (χ1v) is 9.22. The predicted molar refractivity (Wildman–Crippen MR) is 112 cm³/mol. The molecule has 1 fully saturated rings. The largest absolute Gasteiger partial charge is 0.391 e. The first kappa shape index (κ1) is 24.0. The van der Waals surface area contributed by atoms with E-state index in [9.17, 15) is 13.2 Å². The maximum absolute atomic E-state index is 12.9. The summed E-state index contributed by atoms with van der Waals surface area (Å²) in [4.78, 5) is 4.41. The van der Waals surface area contributed by atoms with Gasteiger partial charge in [0.1, 0.15) is 0 Å². The Labute approximate surface area is 176 Å². The molecule has 0 aliphatic heterocycles. The fraction of sp³-hybridized carbons (Fsp3) is 0.632. The zero-order valence-electron chi connectivity index (χ0n) is 15.6. The Morgan fingerprint density at radius 1 is 1.22 bits per heavy atom. The molecule has 154 valence electrons. The lowest BCUT2D eigenvalue weighted by Crippen LogP contribution is -2.47. The Morgan fingerprint density at radius 2 is 1.96 bits per heavy atom. The summed E-state index contributed by atoms with van der Waals surface area (Å²) in [5.74, 6) is -0.658. The SMILES string of the molecule is CCNC(=NCCOCc1ccccc1)NC1CCCC(C(F)(F)F)C1.I. The van der Waals surface area contributed by atoms with E-state index in [0.29, 0.717) is 38.7 Å². The van der Waals surface area contributed by atoms with Crippen molar-refractivity contribution in [3.63, 3.8) is 0 Å². The molecule has 0 radical (unpaired) electrons. The van der Waals surface area contributed by atoms with Gasteiger partial charge >= 0.3 is 6.18 Å². The molecule has 1 aromatic carbocycles. The van der Waals surface area contributed by atoms with Crippen LogP contribution in [0.4, 0.5) is 13.2 Å². The van der Waals surface area contributed by atoms with Gasteiger partial charge in [0.15, 0.2) is 5.96 Å². The van der Waals surface area contributed by atoms with E-state index < -0.39 is 12.1 Å². The van der Waals surface area contributed by atoms with Crippen molar-refractivity contribution in [2.75, 3.05) is 19.7 Å². The monoisotopic (exact) mass is 499 g/mol. The molecule has 0 amide bonds. The molecule has 2 rings (SSSR count). The summed E-state index contributed by atoms with van der Waals surface area (Å²) < 4.78 is 44.4. The number of halogens is 4. The van der Waals surface area contributed by atoms with Gasteiger partial charge in [-0.15, -0.1) is 24.0 Å². The standard InChI is InChI=1S/C19H28F3N3O.HI/c1-2-23-18(24-11-12-26-14-15-7-4-3-5-8-15)25-17-10-6-9-16(13-17)19(20,21)22;/h3-5,7-8,16-17H,2,6,9-14H2,1H3,(H2,23,24,25);1H. The highest BCUT2D eigenvalue weighted by Crippen LogP contribution is 2.37. The molecular formula is C19H29F3IN3O. The number of hydrogen-bond acceptors (Lipinski definition) is 2. The van der Waals surface area contributed by atoms with Gasteiger partial charge in [0.05, 0.1) is 25.7 Å². The van der Waals surface area contributed by atoms with Gasteiger partial charge in [-0.1, -0.05) is 36.8 Å². The first-order valence-electron chi connectivity index (χ1n) is 9.22. The predicted octanol–water partition coefficient (Wildman–Crippen LogP) is 4.50. The van der Waals surface area contributed by atoms with Crippen molar-refractivity contribution in [2.24, 2.45) is 10.9 Å². The van der Waals surface area contributed by atoms with Crippen LogP contribution in [0.3, 0.4) is 0 Å². The van der Waals surface area contributed by atoms with Crippen LogP contribution in [0.15, 0.2) is 35.3 Å². The van der Waals surface area contributed by atoms with Gasteiger partial charge in [0, 0.05) is 12.6 Å². The summed E-state index contributed by atoms with van der Waals surface area (Å²) in [6, 6.07) is 9.67. The van der Waals surface area contributed by atoms with Crippen molar-refractivity contribution in [2.45, 2.75) is 51.4 Å². The normalized spacial score (nSPS) is 20.7. The minimum absolute atomic E-state index is 0. The molecule has 1 aromatic rings. The summed E-state index contributed by atoms with van der Waals surface area (Å²) in [5, 5.41) is 6.25. The van der Waals surface area contributed by atoms with E-state index in [1.807, 2.05) is 37.3 Å². The zero-order valence-corrected chi connectivity index (χ0v) is 17.9. The summed E-state index contributed by atoms with van der Waals surface area (Å²) in [6.07, 6.45) is -2.45. The third-order valence-corrected chi connectivity index (χ3v) is 4.44. The number of alkyl halides is 3. The van der Waals surface area contributed by atoms with Crippen LogP contribution in [0.2, 0.25) is 0 Å². The number of nitrogens with zero attached hydrogens (tertiary/aromatic N) is 1. The molecule has 8 heteroatoms. The van der Waals surface area contributed by atoms with E-state index in [1.165, 1.54) is 0 Å². The average Bonchev–Trinajstić information content (AvgIpc) is 2.62. The molecule has 2 N–H and O–H groups in total. The van der Waals surface area contributed by atoms with Gasteiger partial charge < -0.3 is 15.4 Å². The van der Waals surface area contributed by atoms with Crippen LogP contribution in [0.25, 0.3) is 0 Å². The third-order valence-electron chi connectivity index (χ3n) is 4.44. The van der Waals surface area contributed by atoms with Crippen LogP contribution < -0.4 is 10.6 Å². The molecule has 1 aliphatic rings. The Hall–Kier alpha value is -1.03. The molecule has 1 aliphatic carbocycles. The van der Waals surface area contributed by atoms with E-state index in [0.717, 1.165) is 12.0 Å². The molecule has 27 heavy (non-hydrogen) atoms. The minimum atomic E-state index is -4.11. The molecule has 0 heterocycles. The van der Waals surface area contributed by atoms with Crippen molar-refractivity contribution >= 4 is 29.9 Å². The highest BCUT2D eigenvalue weighted by atomic mass is 127. The second-order valence-electron chi connectivity index (χ2n) is 6.55. The van der Waals surface area contributed by atoms with Gasteiger partial charge in [-0.2, -0.15) is 13.2 Å². The molecule has 0 bridgehead atoms. The molecular weight excluding hydrogens is 470 g/mol. The molecule has 0 spiro atoms. The van der Waals surface area contributed by atoms with Crippen molar-refractivity contribution in [1.29, 1.82) is 0 Å². The fourth-order valence-corrected chi connectivity index (χ4v) is 3.12. The Morgan fingerprint density at radius 3 is 2.63 bits per heavy atom. The zero-order chi connectivity index (χ0) is 18.8. The molecule has 4 nitrogen and oxygen atoms in total. The maximum Gasteiger partial charge on any atom is 0.391 e. The summed E-state index contributed by atoms with van der Waals surface area (Å²) in [7, 11) is 0. The second-order valence-corrected chi connectivity index (χ2v) is 6.55. The van der Waals surface area contributed by atoms with Crippen LogP contribution in [0.5, 0.6) is 0 Å². The van der Waals surface area contributed by atoms with Crippen LogP contribution in [0.1, 0.15) is 38.2 Å². The van der Waals surface area contributed by atoms with E-state index in [-0.39, 0.29) is 42.9 Å². The lowest BCUT2D eigenvalue weighted by molar-refractivity contribution is -0.183. The molecule has 2 atom stereocenters. The van der Waals surface area contributed by atoms with Crippen molar-refractivity contribution in [3.05, 3.63) is 35.9 Å².